The Morgan fingerprint density at radius 3 is 2.57 bits per heavy atom. The first-order valence-corrected chi connectivity index (χ1v) is 7.12. The number of carbonyl (C=O) groups is 1. The van der Waals surface area contributed by atoms with E-state index in [1.807, 2.05) is 0 Å². The summed E-state index contributed by atoms with van der Waals surface area (Å²) in [6, 6.07) is 4.51. The van der Waals surface area contributed by atoms with Crippen LogP contribution in [0.2, 0.25) is 10.0 Å². The molecule has 2 unspecified atom stereocenters. The lowest BCUT2D eigenvalue weighted by molar-refractivity contribution is -0.141. The standard InChI is InChI=1S/C13H12Cl2N4O2/c14-7-3-6(4-8(15)5-7)9-1-2-10(12(20)21)19-11(9)17-13(16)18-19/h3-5,9-10H,1-2H2,(H2,16,18)(H,20,21). The molecule has 3 N–H and O–H groups in total. The van der Waals surface area contributed by atoms with Crippen molar-refractivity contribution in [1.82, 2.24) is 14.8 Å². The first-order chi connectivity index (χ1) is 9.95. The van der Waals surface area contributed by atoms with Gasteiger partial charge in [-0.15, -0.1) is 5.10 Å². The van der Waals surface area contributed by atoms with Crippen molar-refractivity contribution < 1.29 is 9.90 Å². The number of nitrogens with two attached hydrogens (primary N) is 1. The molecule has 1 aromatic carbocycles. The Morgan fingerprint density at radius 1 is 1.29 bits per heavy atom. The maximum Gasteiger partial charge on any atom is 0.328 e. The lowest BCUT2D eigenvalue weighted by Gasteiger charge is -2.27. The molecule has 21 heavy (non-hydrogen) atoms. The van der Waals surface area contributed by atoms with Crippen molar-refractivity contribution in [2.45, 2.75) is 24.8 Å². The van der Waals surface area contributed by atoms with Crippen LogP contribution in [0.4, 0.5) is 5.95 Å². The molecule has 1 aliphatic heterocycles. The van der Waals surface area contributed by atoms with Gasteiger partial charge in [0, 0.05) is 16.0 Å². The first-order valence-electron chi connectivity index (χ1n) is 6.36. The average Bonchev–Trinajstić information content (AvgIpc) is 2.76. The summed E-state index contributed by atoms with van der Waals surface area (Å²) in [5, 5.41) is 14.3. The third kappa shape index (κ3) is 2.56. The zero-order valence-corrected chi connectivity index (χ0v) is 12.3. The number of carboxylic acid groups (broad SMARTS) is 1. The Hall–Kier alpha value is -1.79. The second kappa shape index (κ2) is 5.20. The third-order valence-electron chi connectivity index (χ3n) is 3.58. The van der Waals surface area contributed by atoms with Crippen LogP contribution in [0, 0.1) is 0 Å². The van der Waals surface area contributed by atoms with E-state index in [4.69, 9.17) is 28.9 Å². The summed E-state index contributed by atoms with van der Waals surface area (Å²) in [5.74, 6) is -0.467. The minimum absolute atomic E-state index is 0.0660. The number of benzene rings is 1. The van der Waals surface area contributed by atoms with Crippen molar-refractivity contribution >= 4 is 35.1 Å². The molecular formula is C13H12Cl2N4O2. The normalized spacial score (nSPS) is 21.0. The smallest absolute Gasteiger partial charge is 0.328 e. The van der Waals surface area contributed by atoms with Gasteiger partial charge >= 0.3 is 5.97 Å². The highest BCUT2D eigenvalue weighted by Crippen LogP contribution is 2.38. The van der Waals surface area contributed by atoms with Gasteiger partial charge in [0.2, 0.25) is 5.95 Å². The molecule has 8 heteroatoms. The predicted molar refractivity (Wildman–Crippen MR) is 78.6 cm³/mol. The maximum atomic E-state index is 11.3. The van der Waals surface area contributed by atoms with Crippen molar-refractivity contribution in [2.24, 2.45) is 0 Å². The van der Waals surface area contributed by atoms with E-state index in [1.54, 1.807) is 18.2 Å². The maximum absolute atomic E-state index is 11.3. The molecular weight excluding hydrogens is 315 g/mol. The summed E-state index contributed by atoms with van der Waals surface area (Å²) in [6.45, 7) is 0. The zero-order valence-electron chi connectivity index (χ0n) is 10.8. The monoisotopic (exact) mass is 326 g/mol. The van der Waals surface area contributed by atoms with Crippen molar-refractivity contribution in [3.05, 3.63) is 39.6 Å². The number of anilines is 1. The fourth-order valence-corrected chi connectivity index (χ4v) is 3.26. The van der Waals surface area contributed by atoms with Crippen LogP contribution in [0.25, 0.3) is 0 Å². The van der Waals surface area contributed by atoms with Crippen molar-refractivity contribution in [2.75, 3.05) is 5.73 Å². The van der Waals surface area contributed by atoms with Gasteiger partial charge in [0.15, 0.2) is 6.04 Å². The fourth-order valence-electron chi connectivity index (χ4n) is 2.72. The van der Waals surface area contributed by atoms with Crippen LogP contribution in [0.1, 0.15) is 36.2 Å². The minimum Gasteiger partial charge on any atom is -0.480 e. The van der Waals surface area contributed by atoms with Gasteiger partial charge in [0.25, 0.3) is 0 Å². The number of hydrogen-bond acceptors (Lipinski definition) is 4. The lowest BCUT2D eigenvalue weighted by atomic mass is 9.88. The second-order valence-electron chi connectivity index (χ2n) is 4.96. The number of halogens is 2. The molecule has 0 saturated carbocycles. The quantitative estimate of drug-likeness (QED) is 0.884. The van der Waals surface area contributed by atoms with Crippen LogP contribution >= 0.6 is 23.2 Å². The Balaban J connectivity index is 2.08. The van der Waals surface area contributed by atoms with E-state index in [2.05, 4.69) is 10.1 Å². The molecule has 6 nitrogen and oxygen atoms in total. The molecule has 1 aliphatic rings. The predicted octanol–water partition coefficient (Wildman–Crippen LogP) is 2.72. The van der Waals surface area contributed by atoms with Gasteiger partial charge < -0.3 is 10.8 Å². The summed E-state index contributed by atoms with van der Waals surface area (Å²) in [7, 11) is 0. The molecule has 0 bridgehead atoms. The lowest BCUT2D eigenvalue weighted by Crippen LogP contribution is -2.28. The van der Waals surface area contributed by atoms with Crippen LogP contribution in [-0.4, -0.2) is 25.8 Å². The number of rotatable bonds is 2. The molecule has 110 valence electrons. The van der Waals surface area contributed by atoms with Gasteiger partial charge in [-0.3, -0.25) is 0 Å². The van der Waals surface area contributed by atoms with Gasteiger partial charge in [0.05, 0.1) is 0 Å². The van der Waals surface area contributed by atoms with Gasteiger partial charge in [-0.05, 0) is 36.6 Å². The van der Waals surface area contributed by atoms with Crippen molar-refractivity contribution in [3.63, 3.8) is 0 Å². The molecule has 2 heterocycles. The van der Waals surface area contributed by atoms with Gasteiger partial charge in [-0.25, -0.2) is 9.48 Å². The fraction of sp³-hybridized carbons (Fsp3) is 0.308. The van der Waals surface area contributed by atoms with Crippen LogP contribution in [0.15, 0.2) is 18.2 Å². The number of aromatic nitrogens is 3. The van der Waals surface area contributed by atoms with Crippen LogP contribution in [0.5, 0.6) is 0 Å². The zero-order chi connectivity index (χ0) is 15.1. The molecule has 0 saturated heterocycles. The number of hydrogen-bond donors (Lipinski definition) is 2. The Kier molecular flexibility index (Phi) is 3.51. The molecule has 3 rings (SSSR count). The second-order valence-corrected chi connectivity index (χ2v) is 5.83. The largest absolute Gasteiger partial charge is 0.480 e. The number of aliphatic carboxylic acids is 1. The summed E-state index contributed by atoms with van der Waals surface area (Å²) < 4.78 is 1.39. The van der Waals surface area contributed by atoms with E-state index < -0.39 is 12.0 Å². The van der Waals surface area contributed by atoms with E-state index in [9.17, 15) is 9.90 Å². The molecule has 0 aliphatic carbocycles. The van der Waals surface area contributed by atoms with Gasteiger partial charge in [0.1, 0.15) is 5.82 Å². The van der Waals surface area contributed by atoms with Crippen molar-refractivity contribution in [1.29, 1.82) is 0 Å². The molecule has 0 radical (unpaired) electrons. The van der Waals surface area contributed by atoms with Crippen molar-refractivity contribution in [3.8, 4) is 0 Å². The Labute approximate surface area is 130 Å². The SMILES string of the molecule is Nc1nc2n(n1)C(C(=O)O)CCC2c1cc(Cl)cc(Cl)c1. The van der Waals surface area contributed by atoms with E-state index in [1.165, 1.54) is 4.68 Å². The number of carboxylic acids is 1. The molecule has 0 fully saturated rings. The molecule has 1 aromatic heterocycles. The Morgan fingerprint density at radius 2 is 1.95 bits per heavy atom. The number of fused-ring (bicyclic) bond motifs is 1. The van der Waals surface area contributed by atoms with E-state index in [-0.39, 0.29) is 11.9 Å². The number of nitrogen functional groups attached to an aromatic ring is 1. The topological polar surface area (TPSA) is 94.0 Å². The minimum atomic E-state index is -0.941. The van der Waals surface area contributed by atoms with Crippen LogP contribution < -0.4 is 5.73 Å². The molecule has 0 spiro atoms. The van der Waals surface area contributed by atoms with Gasteiger partial charge in [-0.2, -0.15) is 4.98 Å². The van der Waals surface area contributed by atoms with Gasteiger partial charge in [-0.1, -0.05) is 23.2 Å². The third-order valence-corrected chi connectivity index (χ3v) is 4.02. The molecule has 2 aromatic rings. The average molecular weight is 327 g/mol. The number of nitrogens with zero attached hydrogens (tertiary/aromatic N) is 3. The van der Waals surface area contributed by atoms with E-state index in [0.29, 0.717) is 28.7 Å². The summed E-state index contributed by atoms with van der Waals surface area (Å²) >= 11 is 12.1. The van der Waals surface area contributed by atoms with E-state index in [0.717, 1.165) is 5.56 Å². The first kappa shape index (κ1) is 14.2. The van der Waals surface area contributed by atoms with E-state index >= 15 is 0 Å². The van der Waals surface area contributed by atoms with Crippen LogP contribution in [-0.2, 0) is 4.79 Å². The summed E-state index contributed by atoms with van der Waals surface area (Å²) in [5.41, 5.74) is 6.51. The highest BCUT2D eigenvalue weighted by Gasteiger charge is 2.35. The summed E-state index contributed by atoms with van der Waals surface area (Å²) in [4.78, 5) is 15.5. The molecule has 2 atom stereocenters. The highest BCUT2D eigenvalue weighted by molar-refractivity contribution is 6.34. The Bertz CT molecular complexity index is 696. The van der Waals surface area contributed by atoms with Crippen LogP contribution in [0.3, 0.4) is 0 Å². The molecule has 0 amide bonds. The highest BCUT2D eigenvalue weighted by atomic mass is 35.5. The summed E-state index contributed by atoms with van der Waals surface area (Å²) in [6.07, 6.45) is 1.06.